The van der Waals surface area contributed by atoms with Crippen molar-refractivity contribution in [3.05, 3.63) is 18.6 Å². The highest BCUT2D eigenvalue weighted by Gasteiger charge is 2.54. The molecule has 19 atom stereocenters. The van der Waals surface area contributed by atoms with Crippen LogP contribution in [-0.2, 0) is 42.7 Å². The number of hydrogen-bond acceptors (Lipinski definition) is 17. The van der Waals surface area contributed by atoms with Crippen molar-refractivity contribution < 1.29 is 68.3 Å². The zero-order valence-corrected chi connectivity index (χ0v) is 39.8. The first-order valence-corrected chi connectivity index (χ1v) is 22.5. The summed E-state index contributed by atoms with van der Waals surface area (Å²) < 4.78 is 44.3. The Morgan fingerprint density at radius 1 is 0.968 bits per heavy atom. The molecule has 1 aromatic heterocycles. The Hall–Kier alpha value is -2.46. The number of ether oxygens (including phenoxy) is 7. The van der Waals surface area contributed by atoms with Gasteiger partial charge in [0.05, 0.1) is 59.9 Å². The Bertz CT molecular complexity index is 1610. The molecule has 4 rings (SSSR count). The van der Waals surface area contributed by atoms with Crippen LogP contribution in [0.15, 0.2) is 18.6 Å². The second-order valence-corrected chi connectivity index (χ2v) is 19.4. The number of aliphatic hydroxyl groups is 5. The molecule has 63 heavy (non-hydrogen) atoms. The molecule has 0 aliphatic carbocycles. The van der Waals surface area contributed by atoms with Gasteiger partial charge in [-0.1, -0.05) is 27.7 Å². The van der Waals surface area contributed by atoms with Crippen LogP contribution in [0, 0.1) is 23.7 Å². The van der Waals surface area contributed by atoms with Gasteiger partial charge in [-0.2, -0.15) is 0 Å². The predicted octanol–water partition coefficient (Wildman–Crippen LogP) is 2.81. The van der Waals surface area contributed by atoms with Gasteiger partial charge in [0.25, 0.3) is 5.91 Å². The molecule has 0 radical (unpaired) electrons. The van der Waals surface area contributed by atoms with Crippen molar-refractivity contribution in [2.45, 2.75) is 205 Å². The molecule has 18 nitrogen and oxygen atoms in total. The van der Waals surface area contributed by atoms with Crippen LogP contribution in [0.1, 0.15) is 109 Å². The number of aromatic nitrogens is 2. The molecular weight excluding hydrogens is 821 g/mol. The molecule has 3 fully saturated rings. The van der Waals surface area contributed by atoms with Gasteiger partial charge in [-0.05, 0) is 87.6 Å². The number of hydrogen-bond donors (Lipinski definition) is 6. The van der Waals surface area contributed by atoms with Gasteiger partial charge in [-0.25, -0.2) is 4.98 Å². The van der Waals surface area contributed by atoms with Crippen LogP contribution >= 0.6 is 0 Å². The van der Waals surface area contributed by atoms with E-state index in [4.69, 9.17) is 33.2 Å². The molecule has 1 aromatic rings. The minimum atomic E-state index is -2.02. The minimum absolute atomic E-state index is 0.0704. The minimum Gasteiger partial charge on any atom is -0.459 e. The largest absolute Gasteiger partial charge is 0.459 e. The number of nitrogens with one attached hydrogen (secondary N) is 1. The number of methoxy groups -OCH3 is 1. The van der Waals surface area contributed by atoms with E-state index >= 15 is 0 Å². The van der Waals surface area contributed by atoms with E-state index in [1.54, 1.807) is 55.4 Å². The second kappa shape index (κ2) is 21.9. The predicted molar refractivity (Wildman–Crippen MR) is 231 cm³/mol. The molecular formula is C45H78N4O14. The van der Waals surface area contributed by atoms with Gasteiger partial charge in [0.1, 0.15) is 30.5 Å². The summed E-state index contributed by atoms with van der Waals surface area (Å²) in [4.78, 5) is 37.8. The molecule has 3 saturated heterocycles. The average Bonchev–Trinajstić information content (AvgIpc) is 3.22. The van der Waals surface area contributed by atoms with E-state index in [-0.39, 0.29) is 43.3 Å². The van der Waals surface area contributed by atoms with Crippen LogP contribution in [-0.4, -0.2) is 169 Å². The van der Waals surface area contributed by atoms with Gasteiger partial charge in [0, 0.05) is 49.8 Å². The molecule has 4 heterocycles. The smallest absolute Gasteiger partial charge is 0.311 e. The van der Waals surface area contributed by atoms with Gasteiger partial charge in [-0.15, -0.1) is 0 Å². The number of likely N-dealkylation sites (N-methyl/N-ethyl adjacent to an activating group) is 1. The summed E-state index contributed by atoms with van der Waals surface area (Å²) in [5.41, 5.74) is -4.92. The second-order valence-electron chi connectivity index (χ2n) is 19.4. The van der Waals surface area contributed by atoms with Crippen LogP contribution in [0.5, 0.6) is 0 Å². The highest BCUT2D eigenvalue weighted by Crippen LogP contribution is 2.42. The van der Waals surface area contributed by atoms with Crippen LogP contribution in [0.4, 0.5) is 5.82 Å². The van der Waals surface area contributed by atoms with E-state index in [1.165, 1.54) is 32.6 Å². The number of carbonyl (C=O) groups excluding carboxylic acids is 2. The van der Waals surface area contributed by atoms with Gasteiger partial charge < -0.3 is 64.0 Å². The summed E-state index contributed by atoms with van der Waals surface area (Å²) in [5, 5.41) is 62.6. The number of aliphatic hydroxyl groups excluding tert-OH is 3. The van der Waals surface area contributed by atoms with Crippen molar-refractivity contribution in [2.24, 2.45) is 23.7 Å². The summed E-state index contributed by atoms with van der Waals surface area (Å²) in [5.74, 6) is -4.64. The van der Waals surface area contributed by atoms with Gasteiger partial charge in [0.15, 0.2) is 18.4 Å². The standard InChI is InChI=1S/C45H78N4O14/c1-15-31-45(12,56)38(52)26(6)36(58-22-33(50)48-32-21-46-16-17-47-32)24(4)19-43(10,55)40(63-42-35(51)30(18-25(5)59-42)49(13)23(2)3)27(7)37(28(8)41(54)61-31)62-34-20-44(11,57-14)39(53)29(9)60-34/h16-17,21,23-31,34-40,42,51-53,55-56H,15,18-20,22H2,1-14H3,(H,47,48,50)/t24-,25-,26+,27+,28-,29+,30+,31-,34+,35-,36+,37+,38-,39+,40-,42+,43-,44-,45-/m1/s1. The number of cyclic esters (lactones) is 1. The summed E-state index contributed by atoms with van der Waals surface area (Å²) in [6.07, 6.45) is -6.68. The summed E-state index contributed by atoms with van der Waals surface area (Å²) in [6.45, 7) is 20.4. The molecule has 362 valence electrons. The van der Waals surface area contributed by atoms with Crippen molar-refractivity contribution in [3.8, 4) is 0 Å². The maximum absolute atomic E-state index is 14.5. The van der Waals surface area contributed by atoms with E-state index < -0.39 is 120 Å². The lowest BCUT2D eigenvalue weighted by atomic mass is 9.73. The molecule has 18 heteroatoms. The third-order valence-electron chi connectivity index (χ3n) is 13.9. The Morgan fingerprint density at radius 2 is 1.63 bits per heavy atom. The Balaban J connectivity index is 1.84. The Kier molecular flexibility index (Phi) is 18.5. The first kappa shape index (κ1) is 53.2. The highest BCUT2D eigenvalue weighted by atomic mass is 16.7. The molecule has 0 bridgehead atoms. The van der Waals surface area contributed by atoms with E-state index in [0.29, 0.717) is 6.42 Å². The first-order chi connectivity index (χ1) is 29.3. The van der Waals surface area contributed by atoms with E-state index in [9.17, 15) is 35.1 Å². The third kappa shape index (κ3) is 12.5. The summed E-state index contributed by atoms with van der Waals surface area (Å²) in [6, 6.07) is -0.282. The lowest BCUT2D eigenvalue weighted by Gasteiger charge is -2.50. The normalized spacial score (nSPS) is 43.6. The zero-order chi connectivity index (χ0) is 47.4. The van der Waals surface area contributed by atoms with Crippen molar-refractivity contribution in [1.29, 1.82) is 0 Å². The summed E-state index contributed by atoms with van der Waals surface area (Å²) >= 11 is 0. The highest BCUT2D eigenvalue weighted by molar-refractivity contribution is 5.90. The third-order valence-corrected chi connectivity index (χ3v) is 13.9. The van der Waals surface area contributed by atoms with E-state index in [2.05, 4.69) is 20.2 Å². The van der Waals surface area contributed by atoms with Gasteiger partial charge in [-0.3, -0.25) is 19.5 Å². The number of nitrogens with zero attached hydrogens (tertiary/aromatic N) is 3. The molecule has 0 spiro atoms. The molecule has 3 aliphatic heterocycles. The fraction of sp³-hybridized carbons (Fsp3) is 0.867. The lowest BCUT2D eigenvalue weighted by Crippen LogP contribution is -2.62. The van der Waals surface area contributed by atoms with Gasteiger partial charge >= 0.3 is 5.97 Å². The number of rotatable bonds is 12. The maximum atomic E-state index is 14.5. The molecule has 0 unspecified atom stereocenters. The fourth-order valence-corrected chi connectivity index (χ4v) is 9.88. The van der Waals surface area contributed by atoms with Crippen molar-refractivity contribution >= 4 is 17.7 Å². The lowest BCUT2D eigenvalue weighted by molar-refractivity contribution is -0.319. The monoisotopic (exact) mass is 899 g/mol. The summed E-state index contributed by atoms with van der Waals surface area (Å²) in [7, 11) is 3.41. The number of carbonyl (C=O) groups is 2. The van der Waals surface area contributed by atoms with Crippen LogP contribution in [0.2, 0.25) is 0 Å². The van der Waals surface area contributed by atoms with Crippen molar-refractivity contribution in [2.75, 3.05) is 26.1 Å². The molecule has 1 amide bonds. The first-order valence-electron chi connectivity index (χ1n) is 22.5. The number of amides is 1. The Labute approximate surface area is 373 Å². The molecule has 3 aliphatic rings. The van der Waals surface area contributed by atoms with Crippen molar-refractivity contribution in [1.82, 2.24) is 14.9 Å². The van der Waals surface area contributed by atoms with Gasteiger partial charge in [0.2, 0.25) is 0 Å². The van der Waals surface area contributed by atoms with E-state index in [1.807, 2.05) is 27.8 Å². The average molecular weight is 899 g/mol. The van der Waals surface area contributed by atoms with Crippen LogP contribution in [0.25, 0.3) is 0 Å². The topological polar surface area (TPSA) is 241 Å². The number of esters is 1. The SMILES string of the molecule is CC[C@H]1OC(=O)[C@H](C)[C@@H](O[C@H]2C[C@@](C)(OC)[C@@H](O)[C@H](C)O2)[C@H](C)[C@@H](O[C@@H]2O[C@H](C)C[C@H](N(C)C(C)C)[C@H]2O)[C@](C)(O)C[C@@H](C)[C@H](OCC(=O)Nc2cnccn2)[C@H](C)[C@@H](O)[C@]1(C)O. The molecule has 6 N–H and O–H groups in total. The van der Waals surface area contributed by atoms with E-state index in [0.717, 1.165) is 0 Å². The molecule has 0 aromatic carbocycles. The van der Waals surface area contributed by atoms with Crippen LogP contribution in [0.3, 0.4) is 0 Å². The zero-order valence-electron chi connectivity index (χ0n) is 39.8. The number of anilines is 1. The van der Waals surface area contributed by atoms with Crippen LogP contribution < -0.4 is 5.32 Å². The Morgan fingerprint density at radius 3 is 2.22 bits per heavy atom. The maximum Gasteiger partial charge on any atom is 0.311 e. The fourth-order valence-electron chi connectivity index (χ4n) is 9.88. The van der Waals surface area contributed by atoms with Crippen molar-refractivity contribution in [3.63, 3.8) is 0 Å². The quantitative estimate of drug-likeness (QED) is 0.165. The molecule has 0 saturated carbocycles.